The van der Waals surface area contributed by atoms with Gasteiger partial charge in [0.15, 0.2) is 0 Å². The third kappa shape index (κ3) is 4.36. The van der Waals surface area contributed by atoms with E-state index in [4.69, 9.17) is 4.74 Å². The largest absolute Gasteiger partial charge is 0.457 e. The third-order valence-corrected chi connectivity index (χ3v) is 6.46. The SMILES string of the molecule is Cc1cccc(-c2[nH]cnc2-c2ccc3ncc(-c4cccc(C(=O)O[C@@H]5CCNC5)c4)cc3c2)n1. The molecule has 1 atom stereocenters. The first-order valence-electron chi connectivity index (χ1n) is 12.0. The number of aryl methyl sites for hydroxylation is 1. The van der Waals surface area contributed by atoms with Crippen LogP contribution in [-0.4, -0.2) is 45.1 Å². The second-order valence-electron chi connectivity index (χ2n) is 9.02. The van der Waals surface area contributed by atoms with Crippen molar-refractivity contribution in [2.45, 2.75) is 19.4 Å². The van der Waals surface area contributed by atoms with Crippen LogP contribution in [0.3, 0.4) is 0 Å². The summed E-state index contributed by atoms with van der Waals surface area (Å²) in [6, 6.07) is 21.7. The summed E-state index contributed by atoms with van der Waals surface area (Å²) in [6.45, 7) is 3.56. The van der Waals surface area contributed by atoms with Crippen molar-refractivity contribution < 1.29 is 9.53 Å². The average molecular weight is 476 g/mol. The van der Waals surface area contributed by atoms with E-state index in [1.807, 2.05) is 61.7 Å². The molecular formula is C29H25N5O2. The number of imidazole rings is 1. The minimum absolute atomic E-state index is 0.0659. The molecule has 7 heteroatoms. The number of aromatic amines is 1. The lowest BCUT2D eigenvalue weighted by molar-refractivity contribution is 0.0344. The molecule has 0 saturated carbocycles. The van der Waals surface area contributed by atoms with Crippen LogP contribution in [0.1, 0.15) is 22.5 Å². The van der Waals surface area contributed by atoms with E-state index in [1.54, 1.807) is 12.4 Å². The molecule has 1 aliphatic rings. The summed E-state index contributed by atoms with van der Waals surface area (Å²) < 4.78 is 5.64. The highest BCUT2D eigenvalue weighted by Crippen LogP contribution is 2.31. The molecule has 4 heterocycles. The predicted octanol–water partition coefficient (Wildman–Crippen LogP) is 5.18. The molecule has 178 valence electrons. The zero-order chi connectivity index (χ0) is 24.5. The number of pyridine rings is 2. The quantitative estimate of drug-likeness (QED) is 0.340. The molecule has 0 radical (unpaired) electrons. The van der Waals surface area contributed by atoms with Gasteiger partial charge in [0.2, 0.25) is 0 Å². The van der Waals surface area contributed by atoms with E-state index in [0.717, 1.165) is 63.3 Å². The van der Waals surface area contributed by atoms with Crippen molar-refractivity contribution in [1.82, 2.24) is 25.3 Å². The van der Waals surface area contributed by atoms with Gasteiger partial charge in [0.25, 0.3) is 0 Å². The molecule has 1 saturated heterocycles. The Morgan fingerprint density at radius 1 is 0.972 bits per heavy atom. The van der Waals surface area contributed by atoms with Crippen LogP contribution < -0.4 is 5.32 Å². The molecule has 0 bridgehead atoms. The van der Waals surface area contributed by atoms with Gasteiger partial charge in [-0.05, 0) is 67.9 Å². The molecule has 0 aliphatic carbocycles. The van der Waals surface area contributed by atoms with Crippen LogP contribution in [0.5, 0.6) is 0 Å². The number of esters is 1. The first-order chi connectivity index (χ1) is 17.6. The van der Waals surface area contributed by atoms with Crippen molar-refractivity contribution in [1.29, 1.82) is 0 Å². The highest BCUT2D eigenvalue weighted by molar-refractivity contribution is 5.93. The molecule has 1 fully saturated rings. The maximum Gasteiger partial charge on any atom is 0.338 e. The third-order valence-electron chi connectivity index (χ3n) is 6.46. The van der Waals surface area contributed by atoms with Crippen LogP contribution in [0.4, 0.5) is 0 Å². The fourth-order valence-electron chi connectivity index (χ4n) is 4.60. The fraction of sp³-hybridized carbons (Fsp3) is 0.172. The van der Waals surface area contributed by atoms with Gasteiger partial charge in [-0.1, -0.05) is 24.3 Å². The zero-order valence-corrected chi connectivity index (χ0v) is 19.9. The van der Waals surface area contributed by atoms with Crippen LogP contribution in [0.25, 0.3) is 44.7 Å². The van der Waals surface area contributed by atoms with Gasteiger partial charge in [-0.2, -0.15) is 0 Å². The summed E-state index contributed by atoms with van der Waals surface area (Å²) in [4.78, 5) is 29.8. The fourth-order valence-corrected chi connectivity index (χ4v) is 4.60. The Balaban J connectivity index is 1.33. The predicted molar refractivity (Wildman–Crippen MR) is 139 cm³/mol. The van der Waals surface area contributed by atoms with Crippen molar-refractivity contribution in [2.75, 3.05) is 13.1 Å². The lowest BCUT2D eigenvalue weighted by atomic mass is 10.0. The molecule has 2 N–H and O–H groups in total. The van der Waals surface area contributed by atoms with Gasteiger partial charge < -0.3 is 15.0 Å². The van der Waals surface area contributed by atoms with Crippen LogP contribution in [0.15, 0.2) is 79.3 Å². The van der Waals surface area contributed by atoms with E-state index in [-0.39, 0.29) is 12.1 Å². The number of rotatable bonds is 5. The Kier molecular flexibility index (Phi) is 5.75. The van der Waals surface area contributed by atoms with E-state index in [9.17, 15) is 4.79 Å². The number of carbonyl (C=O) groups excluding carboxylic acids is 1. The lowest BCUT2D eigenvalue weighted by Gasteiger charge is -2.11. The summed E-state index contributed by atoms with van der Waals surface area (Å²) in [5.41, 5.74) is 7.77. The van der Waals surface area contributed by atoms with Gasteiger partial charge in [0, 0.05) is 34.9 Å². The monoisotopic (exact) mass is 475 g/mol. The van der Waals surface area contributed by atoms with Crippen molar-refractivity contribution in [2.24, 2.45) is 0 Å². The van der Waals surface area contributed by atoms with Crippen LogP contribution >= 0.6 is 0 Å². The van der Waals surface area contributed by atoms with Crippen LogP contribution in [0, 0.1) is 6.92 Å². The van der Waals surface area contributed by atoms with E-state index in [2.05, 4.69) is 37.4 Å². The number of nitrogens with zero attached hydrogens (tertiary/aromatic N) is 3. The number of hydrogen-bond acceptors (Lipinski definition) is 6. The molecule has 5 aromatic rings. The smallest absolute Gasteiger partial charge is 0.338 e. The minimum atomic E-state index is -0.294. The number of carbonyl (C=O) groups is 1. The highest BCUT2D eigenvalue weighted by Gasteiger charge is 2.20. The Bertz CT molecular complexity index is 1570. The summed E-state index contributed by atoms with van der Waals surface area (Å²) in [5, 5.41) is 4.20. The Morgan fingerprint density at radius 3 is 2.72 bits per heavy atom. The number of ether oxygens (including phenoxy) is 1. The molecule has 0 spiro atoms. The van der Waals surface area contributed by atoms with Crippen LogP contribution in [0.2, 0.25) is 0 Å². The second kappa shape index (κ2) is 9.36. The minimum Gasteiger partial charge on any atom is -0.457 e. The average Bonchev–Trinajstić information content (AvgIpc) is 3.61. The normalized spacial score (nSPS) is 15.3. The van der Waals surface area contributed by atoms with Crippen molar-refractivity contribution in [3.63, 3.8) is 0 Å². The van der Waals surface area contributed by atoms with Gasteiger partial charge in [0.1, 0.15) is 6.10 Å². The highest BCUT2D eigenvalue weighted by atomic mass is 16.5. The Labute approximate surface area is 208 Å². The molecular weight excluding hydrogens is 450 g/mol. The molecule has 36 heavy (non-hydrogen) atoms. The number of H-pyrrole nitrogens is 1. The van der Waals surface area contributed by atoms with Gasteiger partial charge in [-0.15, -0.1) is 0 Å². The zero-order valence-electron chi connectivity index (χ0n) is 19.9. The van der Waals surface area contributed by atoms with Crippen molar-refractivity contribution in [3.05, 3.63) is 90.5 Å². The van der Waals surface area contributed by atoms with E-state index in [1.165, 1.54) is 0 Å². The topological polar surface area (TPSA) is 92.8 Å². The van der Waals surface area contributed by atoms with Gasteiger partial charge in [-0.3, -0.25) is 9.97 Å². The van der Waals surface area contributed by atoms with E-state index in [0.29, 0.717) is 12.1 Å². The van der Waals surface area contributed by atoms with Crippen molar-refractivity contribution in [3.8, 4) is 33.8 Å². The van der Waals surface area contributed by atoms with Gasteiger partial charge in [-0.25, -0.2) is 9.78 Å². The van der Waals surface area contributed by atoms with E-state index >= 15 is 0 Å². The van der Waals surface area contributed by atoms with Crippen molar-refractivity contribution >= 4 is 16.9 Å². The number of hydrogen-bond donors (Lipinski definition) is 2. The maximum absolute atomic E-state index is 12.7. The molecule has 2 aromatic carbocycles. The Hall–Kier alpha value is -4.36. The summed E-state index contributed by atoms with van der Waals surface area (Å²) in [7, 11) is 0. The number of fused-ring (bicyclic) bond motifs is 1. The van der Waals surface area contributed by atoms with E-state index < -0.39 is 0 Å². The molecule has 0 unspecified atom stereocenters. The lowest BCUT2D eigenvalue weighted by Crippen LogP contribution is -2.20. The van der Waals surface area contributed by atoms with Gasteiger partial charge in [0.05, 0.1) is 34.5 Å². The summed E-state index contributed by atoms with van der Waals surface area (Å²) in [6.07, 6.45) is 4.31. The number of benzene rings is 2. The second-order valence-corrected chi connectivity index (χ2v) is 9.02. The molecule has 0 amide bonds. The first kappa shape index (κ1) is 22.1. The standard InChI is InChI=1S/C29H25N5O2/c1-18-4-2-7-26(34-18)28-27(32-17-33-28)20-8-9-25-22(13-20)14-23(15-31-25)19-5-3-6-21(12-19)29(35)36-24-10-11-30-16-24/h2-9,12-15,17,24,30H,10-11,16H2,1H3,(H,32,33)/t24-/m1/s1. The van der Waals surface area contributed by atoms with Crippen LogP contribution in [-0.2, 0) is 4.74 Å². The number of nitrogens with one attached hydrogen (secondary N) is 2. The van der Waals surface area contributed by atoms with Gasteiger partial charge >= 0.3 is 5.97 Å². The summed E-state index contributed by atoms with van der Waals surface area (Å²) >= 11 is 0. The molecule has 1 aliphatic heterocycles. The maximum atomic E-state index is 12.7. The number of aromatic nitrogens is 4. The molecule has 6 rings (SSSR count). The molecule has 3 aromatic heterocycles. The first-order valence-corrected chi connectivity index (χ1v) is 12.0. The Morgan fingerprint density at radius 2 is 1.86 bits per heavy atom. The molecule has 7 nitrogen and oxygen atoms in total. The summed E-state index contributed by atoms with van der Waals surface area (Å²) in [5.74, 6) is -0.294.